The Kier molecular flexibility index (Phi) is 5.46. The van der Waals surface area contributed by atoms with Crippen LogP contribution in [0.4, 0.5) is 11.4 Å². The number of carbonyl (C=O) groups excluding carboxylic acids is 1. The van der Waals surface area contributed by atoms with Crippen molar-refractivity contribution in [1.82, 2.24) is 0 Å². The molecule has 0 radical (unpaired) electrons. The zero-order chi connectivity index (χ0) is 17.7. The highest BCUT2D eigenvalue weighted by atomic mass is 32.2. The van der Waals surface area contributed by atoms with Gasteiger partial charge in [0, 0.05) is 19.7 Å². The van der Waals surface area contributed by atoms with Gasteiger partial charge in [-0.1, -0.05) is 12.1 Å². The Morgan fingerprint density at radius 3 is 2.33 bits per heavy atom. The molecule has 0 spiro atoms. The van der Waals surface area contributed by atoms with Gasteiger partial charge in [-0.25, -0.2) is 8.42 Å². The van der Waals surface area contributed by atoms with Crippen LogP contribution in [0.25, 0.3) is 0 Å². The number of nitrogens with zero attached hydrogens (tertiary/aromatic N) is 1. The molecule has 0 heterocycles. The van der Waals surface area contributed by atoms with E-state index in [-0.39, 0.29) is 10.8 Å². The topological polar surface area (TPSA) is 75.7 Å². The molecule has 0 atom stereocenters. The van der Waals surface area contributed by atoms with Crippen LogP contribution in [-0.4, -0.2) is 28.0 Å². The molecule has 0 aromatic heterocycles. The first-order valence-corrected chi connectivity index (χ1v) is 8.88. The summed E-state index contributed by atoms with van der Waals surface area (Å²) < 4.78 is 32.3. The molecular weight excluding hydrogens is 328 g/mol. The van der Waals surface area contributed by atoms with Crippen LogP contribution in [0.3, 0.4) is 0 Å². The number of anilines is 2. The van der Waals surface area contributed by atoms with Crippen molar-refractivity contribution < 1.29 is 17.9 Å². The van der Waals surface area contributed by atoms with Crippen molar-refractivity contribution in [3.8, 4) is 5.75 Å². The lowest BCUT2D eigenvalue weighted by molar-refractivity contribution is -0.114. The summed E-state index contributed by atoms with van der Waals surface area (Å²) in [6.07, 6.45) is 0. The van der Waals surface area contributed by atoms with Gasteiger partial charge in [-0.2, -0.15) is 0 Å². The van der Waals surface area contributed by atoms with Crippen LogP contribution in [-0.2, 0) is 14.8 Å². The summed E-state index contributed by atoms with van der Waals surface area (Å²) in [6, 6.07) is 13.0. The van der Waals surface area contributed by atoms with E-state index in [9.17, 15) is 13.2 Å². The zero-order valence-electron chi connectivity index (χ0n) is 13.8. The number of para-hydroxylation sites is 2. The molecule has 0 aliphatic carbocycles. The first kappa shape index (κ1) is 17.8. The van der Waals surface area contributed by atoms with E-state index in [2.05, 4.69) is 5.32 Å². The van der Waals surface area contributed by atoms with Gasteiger partial charge in [-0.3, -0.25) is 9.10 Å². The zero-order valence-corrected chi connectivity index (χ0v) is 14.6. The average Bonchev–Trinajstić information content (AvgIpc) is 2.55. The molecule has 1 N–H and O–H groups in total. The highest BCUT2D eigenvalue weighted by Gasteiger charge is 2.23. The lowest BCUT2D eigenvalue weighted by Gasteiger charge is -2.22. The van der Waals surface area contributed by atoms with Crippen LogP contribution in [0, 0.1) is 0 Å². The minimum Gasteiger partial charge on any atom is -0.492 e. The van der Waals surface area contributed by atoms with Crippen molar-refractivity contribution in [2.45, 2.75) is 18.7 Å². The Bertz CT molecular complexity index is 817. The minimum atomic E-state index is -3.74. The maximum absolute atomic E-state index is 12.8. The molecule has 2 aromatic carbocycles. The number of amides is 1. The Balaban J connectivity index is 2.34. The maximum atomic E-state index is 12.8. The number of ether oxygens (including phenoxy) is 1. The third-order valence-electron chi connectivity index (χ3n) is 3.34. The normalized spacial score (nSPS) is 11.0. The van der Waals surface area contributed by atoms with Gasteiger partial charge >= 0.3 is 0 Å². The summed E-state index contributed by atoms with van der Waals surface area (Å²) in [5, 5.41) is 2.60. The van der Waals surface area contributed by atoms with E-state index in [4.69, 9.17) is 4.74 Å². The molecule has 0 saturated heterocycles. The smallest absolute Gasteiger partial charge is 0.264 e. The van der Waals surface area contributed by atoms with Gasteiger partial charge in [-0.15, -0.1) is 0 Å². The van der Waals surface area contributed by atoms with Crippen LogP contribution in [0.1, 0.15) is 13.8 Å². The molecule has 0 unspecified atom stereocenters. The van der Waals surface area contributed by atoms with E-state index >= 15 is 0 Å². The van der Waals surface area contributed by atoms with Gasteiger partial charge in [0.1, 0.15) is 5.75 Å². The fourth-order valence-electron chi connectivity index (χ4n) is 2.20. The molecule has 128 valence electrons. The van der Waals surface area contributed by atoms with Crippen LogP contribution in [0.15, 0.2) is 53.4 Å². The SMILES string of the molecule is CCOc1ccccc1N(C)S(=O)(=O)c1ccc(NC(C)=O)cc1. The molecule has 0 fully saturated rings. The van der Waals surface area contributed by atoms with Crippen molar-refractivity contribution in [3.63, 3.8) is 0 Å². The summed E-state index contributed by atoms with van der Waals surface area (Å²) in [5.74, 6) is 0.286. The highest BCUT2D eigenvalue weighted by Crippen LogP contribution is 2.31. The van der Waals surface area contributed by atoms with Crippen molar-refractivity contribution in [1.29, 1.82) is 0 Å². The van der Waals surface area contributed by atoms with Crippen molar-refractivity contribution >= 4 is 27.3 Å². The lowest BCUT2D eigenvalue weighted by atomic mass is 10.3. The molecule has 0 aliphatic heterocycles. The molecule has 24 heavy (non-hydrogen) atoms. The number of benzene rings is 2. The number of nitrogens with one attached hydrogen (secondary N) is 1. The van der Waals surface area contributed by atoms with E-state index in [1.165, 1.54) is 30.4 Å². The maximum Gasteiger partial charge on any atom is 0.264 e. The third kappa shape index (κ3) is 3.86. The molecule has 0 aliphatic rings. The molecule has 0 saturated carbocycles. The summed E-state index contributed by atoms with van der Waals surface area (Å²) in [6.45, 7) is 3.67. The number of hydrogen-bond acceptors (Lipinski definition) is 4. The predicted octanol–water partition coefficient (Wildman–Crippen LogP) is 2.87. The van der Waals surface area contributed by atoms with E-state index in [1.807, 2.05) is 6.92 Å². The molecule has 0 bridgehead atoms. The van der Waals surface area contributed by atoms with Crippen LogP contribution in [0.5, 0.6) is 5.75 Å². The second-order valence-corrected chi connectivity index (χ2v) is 7.05. The van der Waals surface area contributed by atoms with E-state index < -0.39 is 10.0 Å². The second kappa shape index (κ2) is 7.35. The standard InChI is InChI=1S/C17H20N2O4S/c1-4-23-17-8-6-5-7-16(17)19(3)24(21,22)15-11-9-14(10-12-15)18-13(2)20/h5-12H,4H2,1-3H3,(H,18,20). The lowest BCUT2D eigenvalue weighted by Crippen LogP contribution is -2.27. The minimum absolute atomic E-state index is 0.130. The van der Waals surface area contributed by atoms with Gasteiger partial charge in [0.05, 0.1) is 17.2 Å². The van der Waals surface area contributed by atoms with E-state index in [0.717, 1.165) is 0 Å². The van der Waals surface area contributed by atoms with Crippen molar-refractivity contribution in [2.75, 3.05) is 23.3 Å². The monoisotopic (exact) mass is 348 g/mol. The summed E-state index contributed by atoms with van der Waals surface area (Å²) >= 11 is 0. The molecular formula is C17H20N2O4S. The first-order valence-electron chi connectivity index (χ1n) is 7.44. The first-order chi connectivity index (χ1) is 11.4. The van der Waals surface area contributed by atoms with E-state index in [1.54, 1.807) is 36.4 Å². The van der Waals surface area contributed by atoms with Gasteiger partial charge in [0.15, 0.2) is 0 Å². The highest BCUT2D eigenvalue weighted by molar-refractivity contribution is 7.92. The quantitative estimate of drug-likeness (QED) is 0.871. The van der Waals surface area contributed by atoms with Gasteiger partial charge in [0.2, 0.25) is 5.91 Å². The molecule has 7 heteroatoms. The van der Waals surface area contributed by atoms with Crippen molar-refractivity contribution in [2.24, 2.45) is 0 Å². The summed E-state index contributed by atoms with van der Waals surface area (Å²) in [7, 11) is -2.26. The summed E-state index contributed by atoms with van der Waals surface area (Å²) in [4.78, 5) is 11.2. The van der Waals surface area contributed by atoms with Crippen LogP contribution in [0.2, 0.25) is 0 Å². The predicted molar refractivity (Wildman–Crippen MR) is 93.9 cm³/mol. The van der Waals surface area contributed by atoms with Gasteiger partial charge in [0.25, 0.3) is 10.0 Å². The Labute approximate surface area is 142 Å². The molecule has 2 aromatic rings. The van der Waals surface area contributed by atoms with Gasteiger partial charge in [-0.05, 0) is 43.3 Å². The van der Waals surface area contributed by atoms with Crippen LogP contribution >= 0.6 is 0 Å². The Morgan fingerprint density at radius 1 is 1.12 bits per heavy atom. The Hall–Kier alpha value is -2.54. The van der Waals surface area contributed by atoms with Gasteiger partial charge < -0.3 is 10.1 Å². The van der Waals surface area contributed by atoms with Crippen LogP contribution < -0.4 is 14.4 Å². The number of sulfonamides is 1. The second-order valence-electron chi connectivity index (χ2n) is 5.08. The molecule has 6 nitrogen and oxygen atoms in total. The number of carbonyl (C=O) groups is 1. The third-order valence-corrected chi connectivity index (χ3v) is 5.12. The van der Waals surface area contributed by atoms with E-state index in [0.29, 0.717) is 23.7 Å². The largest absolute Gasteiger partial charge is 0.492 e. The Morgan fingerprint density at radius 2 is 1.75 bits per heavy atom. The number of hydrogen-bond donors (Lipinski definition) is 1. The van der Waals surface area contributed by atoms with Crippen molar-refractivity contribution in [3.05, 3.63) is 48.5 Å². The molecule has 1 amide bonds. The molecule has 2 rings (SSSR count). The average molecular weight is 348 g/mol. The number of rotatable bonds is 6. The fraction of sp³-hybridized carbons (Fsp3) is 0.235. The summed E-state index contributed by atoms with van der Waals surface area (Å²) in [5.41, 5.74) is 1.00. The fourth-order valence-corrected chi connectivity index (χ4v) is 3.40.